The Morgan fingerprint density at radius 2 is 1.90 bits per heavy atom. The fourth-order valence-electron chi connectivity index (χ4n) is 1.90. The van der Waals surface area contributed by atoms with E-state index in [0.717, 1.165) is 11.1 Å². The first-order chi connectivity index (χ1) is 10.1. The first-order valence-corrected chi connectivity index (χ1v) is 6.56. The molecule has 110 valence electrons. The molecule has 0 saturated carbocycles. The van der Waals surface area contributed by atoms with Crippen LogP contribution in [0.25, 0.3) is 0 Å². The second kappa shape index (κ2) is 6.74. The van der Waals surface area contributed by atoms with Gasteiger partial charge in [-0.2, -0.15) is 0 Å². The molecule has 1 aromatic carbocycles. The van der Waals surface area contributed by atoms with Crippen LogP contribution in [0.15, 0.2) is 36.5 Å². The Bertz CT molecular complexity index is 624. The Kier molecular flexibility index (Phi) is 4.77. The van der Waals surface area contributed by atoms with Crippen molar-refractivity contribution >= 4 is 11.7 Å². The van der Waals surface area contributed by atoms with Gasteiger partial charge in [-0.25, -0.2) is 4.98 Å². The minimum Gasteiger partial charge on any atom is -0.493 e. The standard InChI is InChI=1S/C16H18N2O3/c1-11-4-7-15(17-10-11)18-16(19)9-12-5-6-13(20-2)14(8-12)21-3/h4-8,10H,9H2,1-3H3,(H,17,18,19). The SMILES string of the molecule is COc1ccc(CC(=O)Nc2ccc(C)cn2)cc1OC. The zero-order chi connectivity index (χ0) is 15.2. The molecule has 1 N–H and O–H groups in total. The van der Waals surface area contributed by atoms with Gasteiger partial charge in [-0.1, -0.05) is 12.1 Å². The van der Waals surface area contributed by atoms with Crippen molar-refractivity contribution in [3.05, 3.63) is 47.7 Å². The number of nitrogens with zero attached hydrogens (tertiary/aromatic N) is 1. The van der Waals surface area contributed by atoms with Gasteiger partial charge in [0, 0.05) is 6.20 Å². The summed E-state index contributed by atoms with van der Waals surface area (Å²) in [5.41, 5.74) is 1.89. The van der Waals surface area contributed by atoms with E-state index in [1.807, 2.05) is 19.1 Å². The molecule has 0 aliphatic carbocycles. The number of aromatic nitrogens is 1. The maximum Gasteiger partial charge on any atom is 0.229 e. The van der Waals surface area contributed by atoms with E-state index in [2.05, 4.69) is 10.3 Å². The fraction of sp³-hybridized carbons (Fsp3) is 0.250. The molecule has 0 saturated heterocycles. The van der Waals surface area contributed by atoms with Crippen LogP contribution in [0.4, 0.5) is 5.82 Å². The summed E-state index contributed by atoms with van der Waals surface area (Å²) < 4.78 is 10.4. The van der Waals surface area contributed by atoms with Gasteiger partial charge in [0.2, 0.25) is 5.91 Å². The van der Waals surface area contributed by atoms with E-state index in [0.29, 0.717) is 17.3 Å². The van der Waals surface area contributed by atoms with Gasteiger partial charge in [0.15, 0.2) is 11.5 Å². The van der Waals surface area contributed by atoms with Crippen molar-refractivity contribution in [3.8, 4) is 11.5 Å². The molecule has 0 spiro atoms. The van der Waals surface area contributed by atoms with Crippen molar-refractivity contribution in [2.75, 3.05) is 19.5 Å². The lowest BCUT2D eigenvalue weighted by molar-refractivity contribution is -0.115. The highest BCUT2D eigenvalue weighted by atomic mass is 16.5. The van der Waals surface area contributed by atoms with Crippen LogP contribution in [0.3, 0.4) is 0 Å². The predicted molar refractivity (Wildman–Crippen MR) is 80.9 cm³/mol. The van der Waals surface area contributed by atoms with Crippen molar-refractivity contribution in [1.82, 2.24) is 4.98 Å². The number of pyridine rings is 1. The maximum absolute atomic E-state index is 12.0. The summed E-state index contributed by atoms with van der Waals surface area (Å²) in [6.45, 7) is 1.95. The van der Waals surface area contributed by atoms with Gasteiger partial charge in [-0.05, 0) is 36.2 Å². The number of benzene rings is 1. The summed E-state index contributed by atoms with van der Waals surface area (Å²) in [5.74, 6) is 1.67. The lowest BCUT2D eigenvalue weighted by Gasteiger charge is -2.09. The molecule has 0 bridgehead atoms. The van der Waals surface area contributed by atoms with Gasteiger partial charge in [-0.15, -0.1) is 0 Å². The topological polar surface area (TPSA) is 60.5 Å². The number of hydrogen-bond acceptors (Lipinski definition) is 4. The third kappa shape index (κ3) is 3.95. The van der Waals surface area contributed by atoms with Crippen LogP contribution in [-0.2, 0) is 11.2 Å². The maximum atomic E-state index is 12.0. The summed E-state index contributed by atoms with van der Waals surface area (Å²) in [5, 5.41) is 2.76. The number of ether oxygens (including phenoxy) is 2. The zero-order valence-electron chi connectivity index (χ0n) is 12.3. The Morgan fingerprint density at radius 1 is 1.14 bits per heavy atom. The van der Waals surface area contributed by atoms with Gasteiger partial charge in [0.05, 0.1) is 20.6 Å². The van der Waals surface area contributed by atoms with Gasteiger partial charge in [-0.3, -0.25) is 4.79 Å². The van der Waals surface area contributed by atoms with E-state index in [1.54, 1.807) is 38.6 Å². The Balaban J connectivity index is 2.04. The summed E-state index contributed by atoms with van der Waals surface area (Å²) in [6.07, 6.45) is 1.96. The summed E-state index contributed by atoms with van der Waals surface area (Å²) in [7, 11) is 3.14. The molecule has 1 aromatic heterocycles. The number of amides is 1. The largest absolute Gasteiger partial charge is 0.493 e. The van der Waals surface area contributed by atoms with E-state index < -0.39 is 0 Å². The second-order valence-electron chi connectivity index (χ2n) is 4.64. The molecule has 0 atom stereocenters. The smallest absolute Gasteiger partial charge is 0.229 e. The number of nitrogens with one attached hydrogen (secondary N) is 1. The molecular formula is C16H18N2O3. The van der Waals surface area contributed by atoms with Crippen molar-refractivity contribution in [2.24, 2.45) is 0 Å². The van der Waals surface area contributed by atoms with E-state index >= 15 is 0 Å². The molecule has 1 heterocycles. The van der Waals surface area contributed by atoms with Crippen LogP contribution >= 0.6 is 0 Å². The highest BCUT2D eigenvalue weighted by Gasteiger charge is 2.09. The number of anilines is 1. The van der Waals surface area contributed by atoms with Crippen LogP contribution in [0, 0.1) is 6.92 Å². The molecule has 21 heavy (non-hydrogen) atoms. The van der Waals surface area contributed by atoms with Crippen LogP contribution in [0.5, 0.6) is 11.5 Å². The number of aryl methyl sites for hydroxylation is 1. The Hall–Kier alpha value is -2.56. The molecule has 2 aromatic rings. The first-order valence-electron chi connectivity index (χ1n) is 6.56. The number of carbonyl (C=O) groups is 1. The molecule has 0 radical (unpaired) electrons. The van der Waals surface area contributed by atoms with Crippen LogP contribution in [0.1, 0.15) is 11.1 Å². The van der Waals surface area contributed by atoms with Crippen molar-refractivity contribution in [3.63, 3.8) is 0 Å². The van der Waals surface area contributed by atoms with E-state index in [-0.39, 0.29) is 12.3 Å². The average molecular weight is 286 g/mol. The fourth-order valence-corrected chi connectivity index (χ4v) is 1.90. The van der Waals surface area contributed by atoms with Crippen LogP contribution < -0.4 is 14.8 Å². The zero-order valence-corrected chi connectivity index (χ0v) is 12.3. The molecule has 5 heteroatoms. The van der Waals surface area contributed by atoms with Gasteiger partial charge in [0.1, 0.15) is 5.82 Å². The second-order valence-corrected chi connectivity index (χ2v) is 4.64. The van der Waals surface area contributed by atoms with Crippen molar-refractivity contribution in [2.45, 2.75) is 13.3 Å². The number of hydrogen-bond donors (Lipinski definition) is 1. The lowest BCUT2D eigenvalue weighted by Crippen LogP contribution is -2.15. The van der Waals surface area contributed by atoms with E-state index in [1.165, 1.54) is 0 Å². The van der Waals surface area contributed by atoms with Gasteiger partial charge < -0.3 is 14.8 Å². The summed E-state index contributed by atoms with van der Waals surface area (Å²) in [4.78, 5) is 16.1. The molecule has 0 fully saturated rings. The van der Waals surface area contributed by atoms with E-state index in [4.69, 9.17) is 9.47 Å². The summed E-state index contributed by atoms with van der Waals surface area (Å²) >= 11 is 0. The van der Waals surface area contributed by atoms with Crippen LogP contribution in [-0.4, -0.2) is 25.1 Å². The molecular weight excluding hydrogens is 268 g/mol. The Morgan fingerprint density at radius 3 is 2.52 bits per heavy atom. The van der Waals surface area contributed by atoms with Crippen molar-refractivity contribution in [1.29, 1.82) is 0 Å². The third-order valence-corrected chi connectivity index (χ3v) is 2.99. The molecule has 1 amide bonds. The van der Waals surface area contributed by atoms with Crippen LogP contribution in [0.2, 0.25) is 0 Å². The molecule has 5 nitrogen and oxygen atoms in total. The predicted octanol–water partition coefficient (Wildman–Crippen LogP) is 2.59. The quantitative estimate of drug-likeness (QED) is 0.917. The third-order valence-electron chi connectivity index (χ3n) is 2.99. The molecule has 0 aliphatic heterocycles. The normalized spacial score (nSPS) is 10.0. The highest BCUT2D eigenvalue weighted by Crippen LogP contribution is 2.27. The van der Waals surface area contributed by atoms with Gasteiger partial charge in [0.25, 0.3) is 0 Å². The first kappa shape index (κ1) is 14.8. The molecule has 2 rings (SSSR count). The number of methoxy groups -OCH3 is 2. The average Bonchev–Trinajstić information content (AvgIpc) is 2.49. The molecule has 0 aliphatic rings. The summed E-state index contributed by atoms with van der Waals surface area (Å²) in [6, 6.07) is 9.09. The monoisotopic (exact) mass is 286 g/mol. The number of rotatable bonds is 5. The highest BCUT2D eigenvalue weighted by molar-refractivity contribution is 5.91. The Labute approximate surface area is 123 Å². The van der Waals surface area contributed by atoms with Gasteiger partial charge >= 0.3 is 0 Å². The lowest BCUT2D eigenvalue weighted by atomic mass is 10.1. The van der Waals surface area contributed by atoms with Crippen molar-refractivity contribution < 1.29 is 14.3 Å². The minimum atomic E-state index is -0.126. The number of carbonyl (C=O) groups excluding carboxylic acids is 1. The van der Waals surface area contributed by atoms with E-state index in [9.17, 15) is 4.79 Å². The molecule has 0 unspecified atom stereocenters. The minimum absolute atomic E-state index is 0.126.